The van der Waals surface area contributed by atoms with Crippen LogP contribution in [-0.2, 0) is 5.41 Å². The first-order chi connectivity index (χ1) is 29.8. The molecule has 0 fully saturated rings. The fraction of sp³-hybridized carbons (Fsp3) is 0.0877. The Morgan fingerprint density at radius 2 is 0.967 bits per heavy atom. The van der Waals surface area contributed by atoms with Crippen molar-refractivity contribution in [2.75, 3.05) is 0 Å². The maximum atomic E-state index is 5.60. The fourth-order valence-electron chi connectivity index (χ4n) is 14.3. The van der Waals surface area contributed by atoms with Crippen molar-refractivity contribution in [3.8, 4) is 0 Å². The van der Waals surface area contributed by atoms with E-state index in [4.69, 9.17) is 9.97 Å². The van der Waals surface area contributed by atoms with E-state index in [9.17, 15) is 0 Å². The molecule has 8 aromatic carbocycles. The summed E-state index contributed by atoms with van der Waals surface area (Å²) >= 11 is 0. The molecular weight excluding hydrogens is 727 g/mol. The molecule has 4 heterocycles. The summed E-state index contributed by atoms with van der Waals surface area (Å²) in [6.07, 6.45) is 4.44. The van der Waals surface area contributed by atoms with Gasteiger partial charge < -0.3 is 4.40 Å². The number of aromatic nitrogens is 3. The molecule has 0 saturated carbocycles. The van der Waals surface area contributed by atoms with Crippen LogP contribution < -0.4 is 0 Å². The lowest BCUT2D eigenvalue weighted by Gasteiger charge is -2.58. The lowest BCUT2D eigenvalue weighted by molar-refractivity contribution is 0.331. The summed E-state index contributed by atoms with van der Waals surface area (Å²) in [6.45, 7) is 0. The molecule has 1 spiro atoms. The van der Waals surface area contributed by atoms with Gasteiger partial charge >= 0.3 is 0 Å². The van der Waals surface area contributed by atoms with E-state index in [0.717, 1.165) is 0 Å². The highest BCUT2D eigenvalue weighted by Crippen LogP contribution is 2.77. The van der Waals surface area contributed by atoms with E-state index in [2.05, 4.69) is 168 Å². The lowest BCUT2D eigenvalue weighted by atomic mass is 9.43. The first-order valence-electron chi connectivity index (χ1n) is 21.5. The van der Waals surface area contributed by atoms with E-state index in [1.165, 1.54) is 137 Å². The van der Waals surface area contributed by atoms with Crippen LogP contribution in [0.4, 0.5) is 0 Å². The summed E-state index contributed by atoms with van der Waals surface area (Å²) in [5.41, 5.74) is 20.4. The lowest BCUT2D eigenvalue weighted by Crippen LogP contribution is -2.52. The summed E-state index contributed by atoms with van der Waals surface area (Å²) in [7, 11) is 0. The van der Waals surface area contributed by atoms with Gasteiger partial charge in [-0.2, -0.15) is 0 Å². The summed E-state index contributed by atoms with van der Waals surface area (Å²) in [4.78, 5) is 11.1. The minimum absolute atomic E-state index is 0.0626. The van der Waals surface area contributed by atoms with E-state index in [1.807, 2.05) is 0 Å². The largest absolute Gasteiger partial charge is 0.305 e. The summed E-state index contributed by atoms with van der Waals surface area (Å²) in [6, 6.07) is 57.7. The van der Waals surface area contributed by atoms with Crippen LogP contribution in [0.5, 0.6) is 0 Å². The number of hydrogen-bond acceptors (Lipinski definition) is 2. The normalized spacial score (nSPS) is 22.1. The molecule has 3 heteroatoms. The molecule has 0 N–H and O–H groups in total. The fourth-order valence-corrected chi connectivity index (χ4v) is 14.3. The number of nitrogens with zero attached hydrogens (tertiary/aromatic N) is 3. The average molecular weight is 758 g/mol. The summed E-state index contributed by atoms with van der Waals surface area (Å²) < 4.78 is 2.57. The molecule has 3 unspecified atom stereocenters. The molecule has 12 aromatic rings. The predicted octanol–water partition coefficient (Wildman–Crippen LogP) is 13.0. The van der Waals surface area contributed by atoms with Crippen molar-refractivity contribution in [2.45, 2.75) is 29.1 Å². The Kier molecular flexibility index (Phi) is 4.75. The molecule has 274 valence electrons. The summed E-state index contributed by atoms with van der Waals surface area (Å²) in [5, 5.41) is 13.2. The van der Waals surface area contributed by atoms with E-state index < -0.39 is 0 Å². The number of fused-ring (bicyclic) bond motifs is 20. The van der Waals surface area contributed by atoms with Gasteiger partial charge in [-0.1, -0.05) is 146 Å². The Morgan fingerprint density at radius 1 is 0.400 bits per heavy atom. The molecule has 3 nitrogen and oxygen atoms in total. The minimum atomic E-state index is -0.0626. The number of rotatable bonds is 0. The van der Waals surface area contributed by atoms with Crippen molar-refractivity contribution in [1.82, 2.24) is 14.4 Å². The van der Waals surface area contributed by atoms with Gasteiger partial charge in [-0.25, -0.2) is 0 Å². The van der Waals surface area contributed by atoms with Crippen LogP contribution in [0, 0.1) is 0 Å². The smallest absolute Gasteiger partial charge is 0.0729 e. The molecule has 18 rings (SSSR count). The van der Waals surface area contributed by atoms with Crippen LogP contribution in [0.15, 0.2) is 164 Å². The second kappa shape index (κ2) is 9.57. The van der Waals surface area contributed by atoms with Crippen LogP contribution in [0.1, 0.15) is 90.7 Å². The van der Waals surface area contributed by atoms with Crippen molar-refractivity contribution in [3.05, 3.63) is 231 Å². The highest BCUT2D eigenvalue weighted by Gasteiger charge is 2.70. The van der Waals surface area contributed by atoms with Gasteiger partial charge in [0.15, 0.2) is 0 Å². The van der Waals surface area contributed by atoms with Gasteiger partial charge in [0.25, 0.3) is 0 Å². The third-order valence-corrected chi connectivity index (χ3v) is 16.2. The van der Waals surface area contributed by atoms with E-state index >= 15 is 0 Å². The van der Waals surface area contributed by atoms with E-state index in [0.29, 0.717) is 0 Å². The van der Waals surface area contributed by atoms with Gasteiger partial charge in [0.2, 0.25) is 0 Å². The van der Waals surface area contributed by atoms with Crippen molar-refractivity contribution >= 4 is 70.4 Å². The molecule has 0 radical (unpaired) electrons. The predicted molar refractivity (Wildman–Crippen MR) is 241 cm³/mol. The zero-order valence-corrected chi connectivity index (χ0v) is 32.2. The quantitative estimate of drug-likeness (QED) is 0.144. The molecule has 0 amide bonds. The third-order valence-electron chi connectivity index (χ3n) is 16.2. The first-order valence-corrected chi connectivity index (χ1v) is 21.5. The highest BCUT2D eigenvalue weighted by molar-refractivity contribution is 6.35. The third kappa shape index (κ3) is 2.89. The van der Waals surface area contributed by atoms with Crippen molar-refractivity contribution in [1.29, 1.82) is 0 Å². The molecule has 3 atom stereocenters. The second-order valence-corrected chi connectivity index (χ2v) is 18.2. The van der Waals surface area contributed by atoms with Crippen LogP contribution in [0.25, 0.3) is 70.4 Å². The molecule has 6 aliphatic rings. The number of benzene rings is 8. The van der Waals surface area contributed by atoms with Crippen molar-refractivity contribution in [3.63, 3.8) is 0 Å². The zero-order valence-electron chi connectivity index (χ0n) is 32.2. The van der Waals surface area contributed by atoms with E-state index in [1.54, 1.807) is 0 Å². The molecule has 60 heavy (non-hydrogen) atoms. The highest BCUT2D eigenvalue weighted by atomic mass is 15.0. The Labute approximate surface area is 343 Å². The Balaban J connectivity index is 1.09. The van der Waals surface area contributed by atoms with Gasteiger partial charge in [0, 0.05) is 44.7 Å². The van der Waals surface area contributed by atoms with Crippen LogP contribution in [0.3, 0.4) is 0 Å². The Hall–Kier alpha value is -7.36. The van der Waals surface area contributed by atoms with Crippen molar-refractivity contribution in [2.24, 2.45) is 0 Å². The van der Waals surface area contributed by atoms with Crippen LogP contribution in [0.2, 0.25) is 0 Å². The van der Waals surface area contributed by atoms with Gasteiger partial charge in [0.05, 0.1) is 46.2 Å². The second-order valence-electron chi connectivity index (χ2n) is 18.2. The molecule has 0 aliphatic heterocycles. The van der Waals surface area contributed by atoms with Gasteiger partial charge in [-0.3, -0.25) is 9.97 Å². The van der Waals surface area contributed by atoms with E-state index in [-0.39, 0.29) is 29.1 Å². The number of pyridine rings is 2. The Bertz CT molecular complexity index is 4010. The topological polar surface area (TPSA) is 30.2 Å². The van der Waals surface area contributed by atoms with Crippen molar-refractivity contribution < 1.29 is 0 Å². The van der Waals surface area contributed by atoms with Crippen LogP contribution >= 0.6 is 0 Å². The number of hydrogen-bond donors (Lipinski definition) is 0. The standard InChI is InChI=1S/C57H31N3/c1-2-12-29-28(11-1)21-22-31-30(29)23-24-36-39(31)25-40-47-43(26-58-54-46-34-15-5-3-13-32(34)45(50(47)54)33-14-4-6-16-35(33)46)60-44-27-59-55-51(49(44)48(36)56(40)60)52-37-17-7-9-19-41(37)57(52)42-20-10-8-18-38(42)53(55)57/h1-27,45-46,52-53H. The zero-order chi connectivity index (χ0) is 38.3. The maximum absolute atomic E-state index is 5.60. The maximum Gasteiger partial charge on any atom is 0.0729 e. The molecule has 6 aliphatic carbocycles. The van der Waals surface area contributed by atoms with Crippen LogP contribution in [-0.4, -0.2) is 14.4 Å². The monoisotopic (exact) mass is 757 g/mol. The van der Waals surface area contributed by atoms with Gasteiger partial charge in [0.1, 0.15) is 0 Å². The minimum Gasteiger partial charge on any atom is -0.305 e. The average Bonchev–Trinajstić information content (AvgIpc) is 3.89. The SMILES string of the molecule is c1ccc2c(c1)C1c3ccccc3C2c2c1ncc1c2c2cc3c4ccc5ccccc5c4ccc3c3c4c5c(ncc4n1c23)C1c2ccccc2C12c1ccccc1C52. The molecular formula is C57H31N3. The van der Waals surface area contributed by atoms with Gasteiger partial charge in [-0.15, -0.1) is 0 Å². The molecule has 4 aromatic heterocycles. The van der Waals surface area contributed by atoms with Gasteiger partial charge in [-0.05, 0) is 94.0 Å². The first kappa shape index (κ1) is 29.8. The Morgan fingerprint density at radius 3 is 1.72 bits per heavy atom. The summed E-state index contributed by atoms with van der Waals surface area (Å²) in [5.74, 6) is 0.735. The molecule has 0 saturated heterocycles. The molecule has 2 bridgehead atoms.